The van der Waals surface area contributed by atoms with E-state index in [1.807, 2.05) is 37.3 Å². The molecule has 0 aliphatic rings. The van der Waals surface area contributed by atoms with Gasteiger partial charge in [0.25, 0.3) is 0 Å². The predicted octanol–water partition coefficient (Wildman–Crippen LogP) is 2.01. The molecule has 0 spiro atoms. The Morgan fingerprint density at radius 3 is 2.69 bits per heavy atom. The minimum Gasteiger partial charge on any atom is -0.417 e. The second-order valence-corrected chi connectivity index (χ2v) is 2.35. The summed E-state index contributed by atoms with van der Waals surface area (Å²) in [6, 6.07) is 9.68. The molecule has 2 nitrogen and oxygen atoms in total. The molecule has 0 amide bonds. The summed E-state index contributed by atoms with van der Waals surface area (Å²) in [5.41, 5.74) is 0.944. The van der Waals surface area contributed by atoms with Crippen molar-refractivity contribution in [3.8, 4) is 12.0 Å². The lowest BCUT2D eigenvalue weighted by Gasteiger charge is -1.95. The summed E-state index contributed by atoms with van der Waals surface area (Å²) >= 11 is 0. The van der Waals surface area contributed by atoms with Crippen LogP contribution in [0.4, 0.5) is 0 Å². The van der Waals surface area contributed by atoms with Crippen molar-refractivity contribution in [1.82, 2.24) is 0 Å². The SMILES string of the molecule is CCOCOC#Cc1ccccc1. The van der Waals surface area contributed by atoms with Crippen molar-refractivity contribution in [2.24, 2.45) is 0 Å². The van der Waals surface area contributed by atoms with Crippen molar-refractivity contribution in [3.63, 3.8) is 0 Å². The minimum absolute atomic E-state index is 0.232. The molecule has 0 aromatic heterocycles. The zero-order valence-corrected chi connectivity index (χ0v) is 7.62. The van der Waals surface area contributed by atoms with Gasteiger partial charge in [0.1, 0.15) is 6.11 Å². The van der Waals surface area contributed by atoms with E-state index in [9.17, 15) is 0 Å². The van der Waals surface area contributed by atoms with Crippen LogP contribution in [0.2, 0.25) is 0 Å². The first-order valence-electron chi connectivity index (χ1n) is 4.19. The summed E-state index contributed by atoms with van der Waals surface area (Å²) in [6.07, 6.45) is 2.56. The fourth-order valence-corrected chi connectivity index (χ4v) is 0.771. The Labute approximate surface area is 78.5 Å². The van der Waals surface area contributed by atoms with Gasteiger partial charge in [0, 0.05) is 12.2 Å². The summed E-state index contributed by atoms with van der Waals surface area (Å²) in [6.45, 7) is 2.79. The maximum absolute atomic E-state index is 4.95. The highest BCUT2D eigenvalue weighted by atomic mass is 16.7. The van der Waals surface area contributed by atoms with Crippen molar-refractivity contribution in [3.05, 3.63) is 35.9 Å². The van der Waals surface area contributed by atoms with Crippen LogP contribution in [0.3, 0.4) is 0 Å². The molecule has 0 heterocycles. The van der Waals surface area contributed by atoms with Gasteiger partial charge in [0.05, 0.1) is 0 Å². The number of ether oxygens (including phenoxy) is 2. The Hall–Kier alpha value is -1.46. The molecule has 1 rings (SSSR count). The van der Waals surface area contributed by atoms with E-state index in [-0.39, 0.29) is 6.79 Å². The molecule has 0 unspecified atom stereocenters. The van der Waals surface area contributed by atoms with Gasteiger partial charge in [-0.05, 0) is 25.0 Å². The summed E-state index contributed by atoms with van der Waals surface area (Å²) in [4.78, 5) is 0. The molecule has 1 aromatic carbocycles. The van der Waals surface area contributed by atoms with Gasteiger partial charge in [-0.2, -0.15) is 0 Å². The van der Waals surface area contributed by atoms with Crippen molar-refractivity contribution in [2.75, 3.05) is 13.4 Å². The maximum atomic E-state index is 4.95. The zero-order chi connectivity index (χ0) is 9.36. The van der Waals surface area contributed by atoms with Crippen molar-refractivity contribution in [2.45, 2.75) is 6.92 Å². The molecule has 0 fully saturated rings. The van der Waals surface area contributed by atoms with Gasteiger partial charge >= 0.3 is 0 Å². The highest BCUT2D eigenvalue weighted by Gasteiger charge is 1.81. The average Bonchev–Trinajstić information content (AvgIpc) is 2.19. The van der Waals surface area contributed by atoms with E-state index in [0.717, 1.165) is 5.56 Å². The third-order valence-corrected chi connectivity index (χ3v) is 1.39. The van der Waals surface area contributed by atoms with E-state index < -0.39 is 0 Å². The largest absolute Gasteiger partial charge is 0.417 e. The third-order valence-electron chi connectivity index (χ3n) is 1.39. The van der Waals surface area contributed by atoms with Crippen LogP contribution in [0.15, 0.2) is 30.3 Å². The van der Waals surface area contributed by atoms with Crippen LogP contribution in [-0.2, 0) is 9.47 Å². The van der Waals surface area contributed by atoms with Gasteiger partial charge in [-0.1, -0.05) is 18.2 Å². The highest BCUT2D eigenvalue weighted by Crippen LogP contribution is 1.94. The van der Waals surface area contributed by atoms with Gasteiger partial charge in [-0.3, -0.25) is 0 Å². The van der Waals surface area contributed by atoms with Crippen LogP contribution in [0.25, 0.3) is 0 Å². The second kappa shape index (κ2) is 6.10. The van der Waals surface area contributed by atoms with Crippen molar-refractivity contribution >= 4 is 0 Å². The van der Waals surface area contributed by atoms with Gasteiger partial charge in [0.15, 0.2) is 6.79 Å². The first kappa shape index (κ1) is 9.63. The lowest BCUT2D eigenvalue weighted by atomic mass is 10.2. The summed E-state index contributed by atoms with van der Waals surface area (Å²) in [5, 5.41) is 0. The molecule has 1 aromatic rings. The fraction of sp³-hybridized carbons (Fsp3) is 0.273. The predicted molar refractivity (Wildman–Crippen MR) is 50.9 cm³/mol. The molecular weight excluding hydrogens is 164 g/mol. The smallest absolute Gasteiger partial charge is 0.199 e. The average molecular weight is 176 g/mol. The van der Waals surface area contributed by atoms with Crippen LogP contribution >= 0.6 is 0 Å². The Balaban J connectivity index is 2.31. The van der Waals surface area contributed by atoms with Crippen LogP contribution in [0, 0.1) is 12.0 Å². The monoisotopic (exact) mass is 176 g/mol. The van der Waals surface area contributed by atoms with E-state index in [2.05, 4.69) is 12.0 Å². The lowest BCUT2D eigenvalue weighted by molar-refractivity contribution is 0.00465. The molecule has 0 saturated heterocycles. The summed E-state index contributed by atoms with van der Waals surface area (Å²) in [7, 11) is 0. The van der Waals surface area contributed by atoms with Crippen molar-refractivity contribution in [1.29, 1.82) is 0 Å². The van der Waals surface area contributed by atoms with Gasteiger partial charge < -0.3 is 9.47 Å². The van der Waals surface area contributed by atoms with Gasteiger partial charge in [0.2, 0.25) is 0 Å². The summed E-state index contributed by atoms with van der Waals surface area (Å²) < 4.78 is 9.84. The summed E-state index contributed by atoms with van der Waals surface area (Å²) in [5.74, 6) is 2.85. The highest BCUT2D eigenvalue weighted by molar-refractivity contribution is 5.32. The van der Waals surface area contributed by atoms with E-state index in [1.165, 1.54) is 0 Å². The molecule has 0 atom stereocenters. The fourth-order valence-electron chi connectivity index (χ4n) is 0.771. The Morgan fingerprint density at radius 2 is 2.00 bits per heavy atom. The number of rotatable bonds is 3. The standard InChI is InChI=1S/C11H12O2/c1-2-12-10-13-9-8-11-6-4-3-5-7-11/h3-7H,2,10H2,1H3. The molecule has 13 heavy (non-hydrogen) atoms. The van der Waals surface area contributed by atoms with Gasteiger partial charge in [-0.15, -0.1) is 0 Å². The van der Waals surface area contributed by atoms with Crippen LogP contribution in [0.1, 0.15) is 12.5 Å². The maximum Gasteiger partial charge on any atom is 0.199 e. The Kier molecular flexibility index (Phi) is 4.52. The van der Waals surface area contributed by atoms with E-state index >= 15 is 0 Å². The lowest BCUT2D eigenvalue weighted by Crippen LogP contribution is -1.93. The molecule has 0 aliphatic carbocycles. The molecule has 0 radical (unpaired) electrons. The van der Waals surface area contributed by atoms with Crippen LogP contribution in [-0.4, -0.2) is 13.4 Å². The Morgan fingerprint density at radius 1 is 1.23 bits per heavy atom. The van der Waals surface area contributed by atoms with E-state index in [4.69, 9.17) is 9.47 Å². The van der Waals surface area contributed by atoms with E-state index in [1.54, 1.807) is 0 Å². The van der Waals surface area contributed by atoms with Crippen LogP contribution < -0.4 is 0 Å². The molecular formula is C11H12O2. The second-order valence-electron chi connectivity index (χ2n) is 2.35. The molecule has 0 N–H and O–H groups in total. The molecule has 2 heteroatoms. The number of hydrogen-bond acceptors (Lipinski definition) is 2. The first-order valence-corrected chi connectivity index (χ1v) is 4.19. The number of hydrogen-bond donors (Lipinski definition) is 0. The molecule has 0 bridgehead atoms. The zero-order valence-electron chi connectivity index (χ0n) is 7.62. The topological polar surface area (TPSA) is 18.5 Å². The van der Waals surface area contributed by atoms with Crippen LogP contribution in [0.5, 0.6) is 0 Å². The van der Waals surface area contributed by atoms with Crippen molar-refractivity contribution < 1.29 is 9.47 Å². The van der Waals surface area contributed by atoms with Gasteiger partial charge in [-0.25, -0.2) is 0 Å². The number of benzene rings is 1. The molecule has 0 aliphatic heterocycles. The third kappa shape index (κ3) is 4.19. The minimum atomic E-state index is 0.232. The van der Waals surface area contributed by atoms with E-state index in [0.29, 0.717) is 6.61 Å². The Bertz CT molecular complexity index is 282. The quantitative estimate of drug-likeness (QED) is 0.398. The molecule has 0 saturated carbocycles. The molecule has 68 valence electrons. The first-order chi connectivity index (χ1) is 6.43. The normalized spacial score (nSPS) is 8.69.